The van der Waals surface area contributed by atoms with Gasteiger partial charge < -0.3 is 9.47 Å². The second-order valence-electron chi connectivity index (χ2n) is 12.3. The van der Waals surface area contributed by atoms with Crippen molar-refractivity contribution < 1.29 is 54.0 Å². The maximum absolute atomic E-state index is 14.1. The predicted octanol–water partition coefficient (Wildman–Crippen LogP) is 6.46. The number of esters is 2. The van der Waals surface area contributed by atoms with E-state index in [0.717, 1.165) is 6.42 Å². The van der Waals surface area contributed by atoms with E-state index in [0.29, 0.717) is 37.5 Å². The largest absolute Gasteiger partial charge is 0.465 e. The molecule has 0 amide bonds. The minimum absolute atomic E-state index is 0.00828. The molecule has 39 heavy (non-hydrogen) atoms. The van der Waals surface area contributed by atoms with Gasteiger partial charge in [0.25, 0.3) is 6.10 Å². The summed E-state index contributed by atoms with van der Waals surface area (Å²) in [7, 11) is -6.55. The van der Waals surface area contributed by atoms with E-state index in [1.807, 2.05) is 0 Å². The minimum atomic E-state index is -6.55. The topological polar surface area (TPSA) is 107 Å². The van der Waals surface area contributed by atoms with Crippen LogP contribution in [0.5, 0.6) is 0 Å². The second-order valence-corrected chi connectivity index (χ2v) is 13.8. The standard InChI is InChI=1S/C26H39F5O7S/c1-17(13-18-7-4-3-5-8-18)10-12-37-21(32)23(2)14-19-9-6-11-24(15-19,16-23)22(33)38-20(25(27,28)29)26(30,31)39(34,35)36/h17-20H,3-16H2,1-2H3,(H,34,35,36). The molecule has 5 unspecified atom stereocenters. The highest BCUT2D eigenvalue weighted by molar-refractivity contribution is 7.86. The Labute approximate surface area is 226 Å². The summed E-state index contributed by atoms with van der Waals surface area (Å²) in [5.41, 5.74) is -2.95. The van der Waals surface area contributed by atoms with Crippen molar-refractivity contribution in [3.63, 3.8) is 0 Å². The second kappa shape index (κ2) is 11.8. The molecule has 3 rings (SSSR count). The van der Waals surface area contributed by atoms with E-state index in [9.17, 15) is 40.0 Å². The lowest BCUT2D eigenvalue weighted by atomic mass is 9.54. The lowest BCUT2D eigenvalue weighted by Crippen LogP contribution is -2.56. The molecule has 3 fully saturated rings. The van der Waals surface area contributed by atoms with Gasteiger partial charge >= 0.3 is 33.5 Å². The van der Waals surface area contributed by atoms with Gasteiger partial charge in [0.15, 0.2) is 0 Å². The van der Waals surface area contributed by atoms with Crippen molar-refractivity contribution in [3.05, 3.63) is 0 Å². The summed E-state index contributed by atoms with van der Waals surface area (Å²) in [5, 5.41) is -5.81. The number of hydrogen-bond acceptors (Lipinski definition) is 6. The third-order valence-corrected chi connectivity index (χ3v) is 9.72. The van der Waals surface area contributed by atoms with Gasteiger partial charge in [-0.2, -0.15) is 30.4 Å². The Morgan fingerprint density at radius 1 is 1.00 bits per heavy atom. The van der Waals surface area contributed by atoms with Gasteiger partial charge in [0.2, 0.25) is 0 Å². The van der Waals surface area contributed by atoms with Crippen LogP contribution in [0, 0.1) is 28.6 Å². The summed E-state index contributed by atoms with van der Waals surface area (Å²) in [6.45, 7) is 3.80. The first-order valence-electron chi connectivity index (χ1n) is 13.7. The van der Waals surface area contributed by atoms with E-state index in [4.69, 9.17) is 9.29 Å². The Morgan fingerprint density at radius 3 is 2.23 bits per heavy atom. The lowest BCUT2D eigenvalue weighted by molar-refractivity contribution is -0.265. The summed E-state index contributed by atoms with van der Waals surface area (Å²) in [4.78, 5) is 26.3. The van der Waals surface area contributed by atoms with Crippen LogP contribution in [0.2, 0.25) is 0 Å². The Kier molecular flexibility index (Phi) is 9.67. The van der Waals surface area contributed by atoms with Gasteiger partial charge in [0, 0.05) is 0 Å². The van der Waals surface area contributed by atoms with Gasteiger partial charge in [0.1, 0.15) is 0 Å². The fraction of sp³-hybridized carbons (Fsp3) is 0.923. The zero-order valence-electron chi connectivity index (χ0n) is 22.4. The van der Waals surface area contributed by atoms with Gasteiger partial charge in [-0.3, -0.25) is 14.1 Å². The van der Waals surface area contributed by atoms with E-state index < -0.39 is 50.4 Å². The monoisotopic (exact) mass is 590 g/mol. The molecule has 0 aromatic rings. The molecule has 0 radical (unpaired) electrons. The van der Waals surface area contributed by atoms with Crippen molar-refractivity contribution in [2.24, 2.45) is 28.6 Å². The number of ether oxygens (including phenoxy) is 2. The van der Waals surface area contributed by atoms with Crippen molar-refractivity contribution in [1.29, 1.82) is 0 Å². The van der Waals surface area contributed by atoms with Crippen molar-refractivity contribution in [1.82, 2.24) is 0 Å². The smallest absolute Gasteiger partial charge is 0.432 e. The fourth-order valence-corrected chi connectivity index (χ4v) is 7.47. The number of halogens is 5. The van der Waals surface area contributed by atoms with E-state index in [1.54, 1.807) is 6.92 Å². The molecule has 13 heteroatoms. The fourth-order valence-electron chi connectivity index (χ4n) is 7.02. The van der Waals surface area contributed by atoms with Crippen LogP contribution in [0.15, 0.2) is 0 Å². The van der Waals surface area contributed by atoms with Crippen molar-refractivity contribution >= 4 is 22.1 Å². The van der Waals surface area contributed by atoms with Crippen molar-refractivity contribution in [2.75, 3.05) is 6.61 Å². The van der Waals surface area contributed by atoms with Gasteiger partial charge in [-0.1, -0.05) is 51.9 Å². The SMILES string of the molecule is CC(CCOC(=O)C1(C)CC2CCCC(C(=O)OC(C(F)(F)F)C(F)(F)S(=O)(=O)O)(C2)C1)CC1CCCCC1. The molecular weight excluding hydrogens is 551 g/mol. The zero-order valence-corrected chi connectivity index (χ0v) is 23.2. The predicted molar refractivity (Wildman–Crippen MR) is 130 cm³/mol. The van der Waals surface area contributed by atoms with E-state index >= 15 is 0 Å². The molecular formula is C26H39F5O7S. The van der Waals surface area contributed by atoms with Crippen LogP contribution in [0.1, 0.15) is 97.3 Å². The molecule has 3 aliphatic rings. The van der Waals surface area contributed by atoms with Crippen LogP contribution < -0.4 is 0 Å². The maximum atomic E-state index is 14.1. The third kappa shape index (κ3) is 7.42. The minimum Gasteiger partial charge on any atom is -0.465 e. The van der Waals surface area contributed by atoms with E-state index in [2.05, 4.69) is 11.7 Å². The van der Waals surface area contributed by atoms with E-state index in [-0.39, 0.29) is 31.8 Å². The molecule has 7 nitrogen and oxygen atoms in total. The third-order valence-electron chi connectivity index (χ3n) is 8.82. The molecule has 0 heterocycles. The summed E-state index contributed by atoms with van der Waals surface area (Å²) < 4.78 is 109. The Bertz CT molecular complexity index is 995. The molecule has 0 aliphatic heterocycles. The molecule has 226 valence electrons. The molecule has 2 bridgehead atoms. The Balaban J connectivity index is 1.69. The average Bonchev–Trinajstić information content (AvgIpc) is 2.81. The highest BCUT2D eigenvalue weighted by Gasteiger charge is 2.67. The van der Waals surface area contributed by atoms with Gasteiger partial charge in [0.05, 0.1) is 17.4 Å². The van der Waals surface area contributed by atoms with Gasteiger partial charge in [-0.15, -0.1) is 0 Å². The summed E-state index contributed by atoms with van der Waals surface area (Å²) in [6, 6.07) is 0. The van der Waals surface area contributed by atoms with Crippen molar-refractivity contribution in [2.45, 2.75) is 115 Å². The number of hydrogen-bond donors (Lipinski definition) is 1. The van der Waals surface area contributed by atoms with Crippen molar-refractivity contribution in [3.8, 4) is 0 Å². The normalized spacial score (nSPS) is 30.3. The van der Waals surface area contributed by atoms with Crippen LogP contribution in [0.3, 0.4) is 0 Å². The van der Waals surface area contributed by atoms with Crippen LogP contribution in [0.4, 0.5) is 22.0 Å². The molecule has 3 saturated carbocycles. The van der Waals surface area contributed by atoms with E-state index in [1.165, 1.54) is 32.1 Å². The van der Waals surface area contributed by atoms with Gasteiger partial charge in [-0.25, -0.2) is 0 Å². The quantitative estimate of drug-likeness (QED) is 0.177. The highest BCUT2D eigenvalue weighted by Crippen LogP contribution is 2.57. The molecule has 0 aromatic heterocycles. The first-order valence-corrected chi connectivity index (χ1v) is 15.1. The average molecular weight is 591 g/mol. The molecule has 0 spiro atoms. The lowest BCUT2D eigenvalue weighted by Gasteiger charge is -2.50. The summed E-state index contributed by atoms with van der Waals surface area (Å²) in [6.07, 6.45) is -1.52. The number of fused-ring (bicyclic) bond motifs is 2. The van der Waals surface area contributed by atoms with Crippen LogP contribution in [0.25, 0.3) is 0 Å². The Hall–Kier alpha value is -1.50. The number of alkyl halides is 5. The summed E-state index contributed by atoms with van der Waals surface area (Å²) >= 11 is 0. The molecule has 0 saturated heterocycles. The molecule has 0 aromatic carbocycles. The molecule has 3 aliphatic carbocycles. The first kappa shape index (κ1) is 32.0. The number of carbonyl (C=O) groups is 2. The Morgan fingerprint density at radius 2 is 1.64 bits per heavy atom. The molecule has 5 atom stereocenters. The van der Waals surface area contributed by atoms with Gasteiger partial charge in [-0.05, 0) is 63.2 Å². The first-order chi connectivity index (χ1) is 17.9. The maximum Gasteiger partial charge on any atom is 0.432 e. The zero-order chi connectivity index (χ0) is 29.3. The number of rotatable bonds is 10. The summed E-state index contributed by atoms with van der Waals surface area (Å²) in [5.74, 6) is -1.51. The van der Waals surface area contributed by atoms with Crippen LogP contribution in [-0.4, -0.2) is 49.1 Å². The van der Waals surface area contributed by atoms with Crippen LogP contribution >= 0.6 is 0 Å². The number of carbonyl (C=O) groups excluding carboxylic acids is 2. The highest BCUT2D eigenvalue weighted by atomic mass is 32.2. The molecule has 1 N–H and O–H groups in total. The van der Waals surface area contributed by atoms with Crippen LogP contribution in [-0.2, 0) is 29.2 Å².